The molecule has 1 saturated carbocycles. The van der Waals surface area contributed by atoms with Gasteiger partial charge in [-0.05, 0) is 53.6 Å². The van der Waals surface area contributed by atoms with Gasteiger partial charge in [-0.25, -0.2) is 4.39 Å². The van der Waals surface area contributed by atoms with E-state index in [1.807, 2.05) is 17.5 Å². The predicted molar refractivity (Wildman–Crippen MR) is 125 cm³/mol. The Morgan fingerprint density at radius 1 is 1.03 bits per heavy atom. The van der Waals surface area contributed by atoms with Crippen molar-refractivity contribution in [1.29, 1.82) is 5.26 Å². The number of carbonyl (C=O) groups excluding carboxylic acids is 3. The molecule has 3 aromatic rings. The molecule has 1 aromatic heterocycles. The van der Waals surface area contributed by atoms with Crippen molar-refractivity contribution in [2.24, 2.45) is 0 Å². The number of halogens is 1. The first-order chi connectivity index (χ1) is 16.4. The molecule has 0 radical (unpaired) electrons. The van der Waals surface area contributed by atoms with E-state index < -0.39 is 17.4 Å². The van der Waals surface area contributed by atoms with E-state index in [0.29, 0.717) is 16.7 Å². The molecule has 7 nitrogen and oxygen atoms in total. The average molecular weight is 477 g/mol. The SMILES string of the molecule is N#CCNC(=O)C(=O)NCc1ccccc1C(=O)NC1(c2ccc(F)c(-c3cccs3)c2)CC1. The molecule has 34 heavy (non-hydrogen) atoms. The van der Waals surface area contributed by atoms with Gasteiger partial charge in [-0.1, -0.05) is 30.3 Å². The van der Waals surface area contributed by atoms with Gasteiger partial charge in [-0.15, -0.1) is 11.3 Å². The Morgan fingerprint density at radius 3 is 2.50 bits per heavy atom. The zero-order valence-electron chi connectivity index (χ0n) is 18.1. The van der Waals surface area contributed by atoms with E-state index in [-0.39, 0.29) is 24.8 Å². The molecule has 172 valence electrons. The lowest BCUT2D eigenvalue weighted by atomic mass is 9.99. The second-order valence-corrected chi connectivity index (χ2v) is 8.84. The van der Waals surface area contributed by atoms with Crippen molar-refractivity contribution in [3.05, 3.63) is 82.5 Å². The Labute approximate surface area is 199 Å². The largest absolute Gasteiger partial charge is 0.344 e. The van der Waals surface area contributed by atoms with E-state index >= 15 is 0 Å². The normalized spacial score (nSPS) is 13.4. The summed E-state index contributed by atoms with van der Waals surface area (Å²) in [6.45, 7) is -0.306. The minimum absolute atomic E-state index is 0.0333. The first-order valence-electron chi connectivity index (χ1n) is 10.6. The van der Waals surface area contributed by atoms with Crippen molar-refractivity contribution in [3.63, 3.8) is 0 Å². The summed E-state index contributed by atoms with van der Waals surface area (Å²) in [6, 6.07) is 17.1. The highest BCUT2D eigenvalue weighted by molar-refractivity contribution is 7.13. The lowest BCUT2D eigenvalue weighted by Crippen LogP contribution is -2.40. The number of benzene rings is 2. The molecule has 1 aliphatic rings. The van der Waals surface area contributed by atoms with Gasteiger partial charge in [0.2, 0.25) is 0 Å². The Balaban J connectivity index is 1.49. The van der Waals surface area contributed by atoms with E-state index in [4.69, 9.17) is 5.26 Å². The zero-order chi connectivity index (χ0) is 24.1. The third kappa shape index (κ3) is 4.97. The molecule has 0 aliphatic heterocycles. The molecule has 0 spiro atoms. The van der Waals surface area contributed by atoms with E-state index in [1.165, 1.54) is 17.4 Å². The molecule has 9 heteroatoms. The molecular formula is C25H21FN4O3S. The van der Waals surface area contributed by atoms with Gasteiger partial charge in [0.1, 0.15) is 12.4 Å². The smallest absolute Gasteiger partial charge is 0.310 e. The van der Waals surface area contributed by atoms with Crippen LogP contribution in [0.3, 0.4) is 0 Å². The molecular weight excluding hydrogens is 455 g/mol. The lowest BCUT2D eigenvalue weighted by molar-refractivity contribution is -0.139. The van der Waals surface area contributed by atoms with Crippen molar-refractivity contribution in [1.82, 2.24) is 16.0 Å². The first kappa shape index (κ1) is 23.1. The summed E-state index contributed by atoms with van der Waals surface area (Å²) < 4.78 is 14.4. The minimum atomic E-state index is -0.918. The summed E-state index contributed by atoms with van der Waals surface area (Å²) in [5.74, 6) is -2.44. The van der Waals surface area contributed by atoms with Crippen molar-refractivity contribution in [2.45, 2.75) is 24.9 Å². The van der Waals surface area contributed by atoms with Crippen LogP contribution in [0.25, 0.3) is 10.4 Å². The molecule has 2 aromatic carbocycles. The summed E-state index contributed by atoms with van der Waals surface area (Å²) in [7, 11) is 0. The topological polar surface area (TPSA) is 111 Å². The van der Waals surface area contributed by atoms with Crippen LogP contribution in [0.15, 0.2) is 60.0 Å². The van der Waals surface area contributed by atoms with Crippen LogP contribution in [0.1, 0.15) is 34.3 Å². The maximum Gasteiger partial charge on any atom is 0.310 e. The molecule has 4 rings (SSSR count). The van der Waals surface area contributed by atoms with Crippen LogP contribution in [0.4, 0.5) is 4.39 Å². The van der Waals surface area contributed by atoms with Gasteiger partial charge in [0.05, 0.1) is 11.6 Å². The molecule has 1 aliphatic carbocycles. The Bertz CT molecular complexity index is 1280. The van der Waals surface area contributed by atoms with Crippen LogP contribution in [0.5, 0.6) is 0 Å². The summed E-state index contributed by atoms with van der Waals surface area (Å²) >= 11 is 1.45. The van der Waals surface area contributed by atoms with Gasteiger partial charge in [0, 0.05) is 22.5 Å². The summed E-state index contributed by atoms with van der Waals surface area (Å²) in [6.07, 6.45) is 1.46. The van der Waals surface area contributed by atoms with Gasteiger partial charge in [-0.2, -0.15) is 5.26 Å². The average Bonchev–Trinajstić information content (AvgIpc) is 3.41. The number of nitrogens with one attached hydrogen (secondary N) is 3. The van der Waals surface area contributed by atoms with E-state index in [0.717, 1.165) is 23.3 Å². The minimum Gasteiger partial charge on any atom is -0.344 e. The molecule has 1 fully saturated rings. The van der Waals surface area contributed by atoms with Crippen LogP contribution >= 0.6 is 11.3 Å². The highest BCUT2D eigenvalue weighted by atomic mass is 32.1. The number of nitriles is 1. The summed E-state index contributed by atoms with van der Waals surface area (Å²) in [5, 5.41) is 18.1. The van der Waals surface area contributed by atoms with Crippen molar-refractivity contribution >= 4 is 29.1 Å². The van der Waals surface area contributed by atoms with Crippen LogP contribution in [-0.2, 0) is 21.7 Å². The lowest BCUT2D eigenvalue weighted by Gasteiger charge is -2.20. The third-order valence-electron chi connectivity index (χ3n) is 5.64. The standard InChI is InChI=1S/C25H21FN4O3S/c26-20-8-7-17(14-19(20)21-6-3-13-34-21)25(9-10-25)30-22(31)18-5-2-1-4-16(18)15-29-24(33)23(32)28-12-11-27/h1-8,13-14H,9-10,12,15H2,(H,28,32)(H,29,33)(H,30,31). The van der Waals surface area contributed by atoms with Gasteiger partial charge < -0.3 is 16.0 Å². The molecule has 0 unspecified atom stereocenters. The third-order valence-corrected chi connectivity index (χ3v) is 6.55. The molecule has 0 atom stereocenters. The molecule has 1 heterocycles. The second kappa shape index (κ2) is 9.85. The molecule has 3 amide bonds. The number of nitrogens with zero attached hydrogens (tertiary/aromatic N) is 1. The van der Waals surface area contributed by atoms with Crippen molar-refractivity contribution in [2.75, 3.05) is 6.54 Å². The number of hydrogen-bond donors (Lipinski definition) is 3. The quantitative estimate of drug-likeness (QED) is 0.359. The van der Waals surface area contributed by atoms with Crippen LogP contribution < -0.4 is 16.0 Å². The fourth-order valence-corrected chi connectivity index (χ4v) is 4.44. The number of thiophene rings is 1. The highest BCUT2D eigenvalue weighted by Crippen LogP contribution is 2.47. The van der Waals surface area contributed by atoms with E-state index in [1.54, 1.807) is 42.5 Å². The molecule has 0 bridgehead atoms. The number of carbonyl (C=O) groups is 3. The monoisotopic (exact) mass is 476 g/mol. The first-order valence-corrected chi connectivity index (χ1v) is 11.5. The van der Waals surface area contributed by atoms with Gasteiger partial charge in [0.15, 0.2) is 0 Å². The van der Waals surface area contributed by atoms with Crippen LogP contribution in [0.2, 0.25) is 0 Å². The number of hydrogen-bond acceptors (Lipinski definition) is 5. The Kier molecular flexibility index (Phi) is 6.70. The van der Waals surface area contributed by atoms with Crippen molar-refractivity contribution < 1.29 is 18.8 Å². The summed E-state index contributed by atoms with van der Waals surface area (Å²) in [4.78, 5) is 37.6. The fraction of sp³-hybridized carbons (Fsp3) is 0.200. The summed E-state index contributed by atoms with van der Waals surface area (Å²) in [5.41, 5.74) is 1.67. The maximum absolute atomic E-state index is 14.4. The van der Waals surface area contributed by atoms with Crippen molar-refractivity contribution in [3.8, 4) is 16.5 Å². The Morgan fingerprint density at radius 2 is 1.79 bits per heavy atom. The van der Waals surface area contributed by atoms with Gasteiger partial charge >= 0.3 is 11.8 Å². The number of amides is 3. The second-order valence-electron chi connectivity index (χ2n) is 7.89. The highest BCUT2D eigenvalue weighted by Gasteiger charge is 2.46. The van der Waals surface area contributed by atoms with Gasteiger partial charge in [-0.3, -0.25) is 14.4 Å². The van der Waals surface area contributed by atoms with Crippen LogP contribution in [0, 0.1) is 17.1 Å². The maximum atomic E-state index is 14.4. The van der Waals surface area contributed by atoms with Gasteiger partial charge in [0.25, 0.3) is 5.91 Å². The van der Waals surface area contributed by atoms with E-state index in [2.05, 4.69) is 16.0 Å². The molecule has 3 N–H and O–H groups in total. The Hall–Kier alpha value is -4.03. The molecule has 0 saturated heterocycles. The predicted octanol–water partition coefficient (Wildman–Crippen LogP) is 3.23. The van der Waals surface area contributed by atoms with E-state index in [9.17, 15) is 18.8 Å². The fourth-order valence-electron chi connectivity index (χ4n) is 3.69. The van der Waals surface area contributed by atoms with Crippen LogP contribution in [-0.4, -0.2) is 24.3 Å². The number of rotatable bonds is 7. The zero-order valence-corrected chi connectivity index (χ0v) is 18.9.